The van der Waals surface area contributed by atoms with Gasteiger partial charge < -0.3 is 14.1 Å². The van der Waals surface area contributed by atoms with Gasteiger partial charge in [-0.1, -0.05) is 96.1 Å². The average Bonchev–Trinajstić information content (AvgIpc) is 2.92. The topological polar surface area (TPSA) is 38.2 Å². The molecule has 0 bridgehead atoms. The highest BCUT2D eigenvalue weighted by Crippen LogP contribution is 2.17. The summed E-state index contributed by atoms with van der Waals surface area (Å²) in [5.74, 6) is 1.69. The molecule has 0 aliphatic carbocycles. The van der Waals surface area contributed by atoms with Gasteiger partial charge in [-0.3, -0.25) is 0 Å². The summed E-state index contributed by atoms with van der Waals surface area (Å²) >= 11 is 0. The maximum atomic E-state index is 5.31. The Morgan fingerprint density at radius 2 is 1.21 bits per heavy atom. The summed E-state index contributed by atoms with van der Waals surface area (Å²) in [7, 11) is 6.43. The van der Waals surface area contributed by atoms with Crippen molar-refractivity contribution in [2.75, 3.05) is 45.7 Å². The van der Waals surface area contributed by atoms with Crippen LogP contribution in [0.25, 0.3) is 0 Å². The van der Waals surface area contributed by atoms with Crippen molar-refractivity contribution in [3.8, 4) is 5.75 Å². The molecule has 0 spiro atoms. The number of methoxy groups -OCH3 is 1. The highest BCUT2D eigenvalue weighted by Gasteiger charge is 2.18. The third kappa shape index (κ3) is 15.7. The smallest absolute Gasteiger partial charge is 0.225 e. The van der Waals surface area contributed by atoms with Gasteiger partial charge in [0.05, 0.1) is 40.8 Å². The van der Waals surface area contributed by atoms with Crippen LogP contribution in [0.4, 0.5) is 5.95 Å². The molecule has 5 nitrogen and oxygen atoms in total. The molecular formula is C32H56BrN4O+. The molecule has 0 aliphatic heterocycles. The van der Waals surface area contributed by atoms with Gasteiger partial charge in [-0.05, 0) is 36.6 Å². The number of hydrogen-bond donors (Lipinski definition) is 0. The lowest BCUT2D eigenvalue weighted by Crippen LogP contribution is -2.46. The number of anilines is 1. The first-order valence-corrected chi connectivity index (χ1v) is 15.0. The van der Waals surface area contributed by atoms with Gasteiger partial charge in [0.1, 0.15) is 5.75 Å². The first-order valence-electron chi connectivity index (χ1n) is 15.0. The Balaban J connectivity index is 0.00000722. The maximum absolute atomic E-state index is 5.31. The van der Waals surface area contributed by atoms with E-state index in [9.17, 15) is 0 Å². The number of hydrogen-bond acceptors (Lipinski definition) is 4. The van der Waals surface area contributed by atoms with Crippen molar-refractivity contribution < 1.29 is 9.22 Å². The summed E-state index contributed by atoms with van der Waals surface area (Å²) in [6, 6.07) is 10.2. The average molecular weight is 593 g/mol. The van der Waals surface area contributed by atoms with E-state index in [1.54, 1.807) is 7.11 Å². The van der Waals surface area contributed by atoms with Crippen LogP contribution in [0.5, 0.6) is 5.75 Å². The number of quaternary nitrogens is 1. The fourth-order valence-corrected chi connectivity index (χ4v) is 4.89. The molecule has 0 radical (unpaired) electrons. The zero-order valence-corrected chi connectivity index (χ0v) is 26.6. The Bertz CT molecular complexity index is 801. The minimum Gasteiger partial charge on any atom is -0.497 e. The second kappa shape index (κ2) is 21.2. The molecule has 0 saturated carbocycles. The van der Waals surface area contributed by atoms with Crippen molar-refractivity contribution in [3.63, 3.8) is 0 Å². The third-order valence-corrected chi connectivity index (χ3v) is 7.46. The summed E-state index contributed by atoms with van der Waals surface area (Å²) in [5, 5.41) is 0. The third-order valence-electron chi connectivity index (χ3n) is 7.46. The number of aromatic nitrogens is 2. The van der Waals surface area contributed by atoms with Gasteiger partial charge in [0.15, 0.2) is 0 Å². The van der Waals surface area contributed by atoms with Gasteiger partial charge in [0.2, 0.25) is 5.95 Å². The van der Waals surface area contributed by atoms with Crippen LogP contribution < -0.4 is 9.64 Å². The number of rotatable bonds is 22. The highest BCUT2D eigenvalue weighted by molar-refractivity contribution is 8.93. The van der Waals surface area contributed by atoms with Crippen LogP contribution in [0.3, 0.4) is 0 Å². The van der Waals surface area contributed by atoms with E-state index in [2.05, 4.69) is 48.0 Å². The molecule has 2 rings (SSSR count). The van der Waals surface area contributed by atoms with Crippen LogP contribution >= 0.6 is 17.0 Å². The maximum Gasteiger partial charge on any atom is 0.225 e. The van der Waals surface area contributed by atoms with Crippen molar-refractivity contribution in [1.29, 1.82) is 0 Å². The molecule has 1 heterocycles. The van der Waals surface area contributed by atoms with Crippen LogP contribution in [-0.4, -0.2) is 55.3 Å². The zero-order chi connectivity index (χ0) is 26.6. The van der Waals surface area contributed by atoms with E-state index < -0.39 is 0 Å². The summed E-state index contributed by atoms with van der Waals surface area (Å²) < 4.78 is 6.34. The molecule has 0 N–H and O–H groups in total. The number of unbranched alkanes of at least 4 members (excludes halogenated alkanes) is 13. The number of halogens is 1. The van der Waals surface area contributed by atoms with E-state index in [4.69, 9.17) is 4.74 Å². The second-order valence-corrected chi connectivity index (χ2v) is 11.3. The fourth-order valence-electron chi connectivity index (χ4n) is 4.89. The summed E-state index contributed by atoms with van der Waals surface area (Å²) in [4.78, 5) is 11.4. The van der Waals surface area contributed by atoms with Crippen LogP contribution in [-0.2, 0) is 6.54 Å². The molecule has 0 unspecified atom stereocenters. The van der Waals surface area contributed by atoms with Crippen molar-refractivity contribution in [1.82, 2.24) is 9.97 Å². The van der Waals surface area contributed by atoms with E-state index >= 15 is 0 Å². The van der Waals surface area contributed by atoms with Crippen molar-refractivity contribution in [2.24, 2.45) is 0 Å². The zero-order valence-electron chi connectivity index (χ0n) is 24.9. The lowest BCUT2D eigenvalue weighted by molar-refractivity contribution is -0.889. The van der Waals surface area contributed by atoms with Crippen molar-refractivity contribution >= 4 is 22.9 Å². The summed E-state index contributed by atoms with van der Waals surface area (Å²) in [6.07, 6.45) is 23.4. The summed E-state index contributed by atoms with van der Waals surface area (Å²) in [6.45, 7) is 6.33. The molecule has 0 saturated heterocycles. The van der Waals surface area contributed by atoms with E-state index in [1.807, 2.05) is 30.6 Å². The lowest BCUT2D eigenvalue weighted by atomic mass is 10.0. The fraction of sp³-hybridized carbons (Fsp3) is 0.688. The number of benzene rings is 1. The number of likely N-dealkylation sites (N-methyl/N-ethyl adjacent to an activating group) is 1. The largest absolute Gasteiger partial charge is 0.497 e. The van der Waals surface area contributed by atoms with E-state index in [1.165, 1.54) is 102 Å². The standard InChI is InChI=1S/C32H55N4O.BrH/c1-5-6-7-8-9-10-11-12-13-14-15-16-17-18-27-36(2,3)28-26-35(32-33-24-19-25-34-32)29-30-20-22-31(37-4)23-21-30;/h19-25H,5-18,26-29H2,1-4H3;1H/q+1;. The summed E-state index contributed by atoms with van der Waals surface area (Å²) in [5.41, 5.74) is 1.24. The first-order chi connectivity index (χ1) is 18.0. The number of nitrogens with zero attached hydrogens (tertiary/aromatic N) is 4. The minimum atomic E-state index is 0. The molecule has 2 aromatic rings. The van der Waals surface area contributed by atoms with Gasteiger partial charge in [-0.15, -0.1) is 17.0 Å². The predicted octanol–water partition coefficient (Wildman–Crippen LogP) is 8.63. The Hall–Kier alpha value is -1.66. The predicted molar refractivity (Wildman–Crippen MR) is 169 cm³/mol. The molecule has 38 heavy (non-hydrogen) atoms. The minimum absolute atomic E-state index is 0. The van der Waals surface area contributed by atoms with Gasteiger partial charge in [-0.2, -0.15) is 0 Å². The molecule has 1 aromatic carbocycles. The SMILES string of the molecule is Br.CCCCCCCCCCCCCCCC[N+](C)(C)CCN(Cc1ccc(OC)cc1)c1ncccn1. The van der Waals surface area contributed by atoms with E-state index in [0.29, 0.717) is 0 Å². The van der Waals surface area contributed by atoms with Crippen molar-refractivity contribution in [3.05, 3.63) is 48.3 Å². The molecule has 0 amide bonds. The molecule has 1 aromatic heterocycles. The Morgan fingerprint density at radius 1 is 0.711 bits per heavy atom. The van der Waals surface area contributed by atoms with Crippen LogP contribution in [0.15, 0.2) is 42.7 Å². The monoisotopic (exact) mass is 591 g/mol. The first kappa shape index (κ1) is 34.4. The lowest BCUT2D eigenvalue weighted by Gasteiger charge is -2.33. The Kier molecular flexibility index (Phi) is 19.2. The Morgan fingerprint density at radius 3 is 1.71 bits per heavy atom. The van der Waals surface area contributed by atoms with Gasteiger partial charge >= 0.3 is 0 Å². The van der Waals surface area contributed by atoms with Crippen LogP contribution in [0.2, 0.25) is 0 Å². The van der Waals surface area contributed by atoms with Crippen molar-refractivity contribution in [2.45, 2.75) is 103 Å². The Labute approximate surface area is 244 Å². The molecular weight excluding hydrogens is 536 g/mol. The van der Waals surface area contributed by atoms with Gasteiger partial charge in [0.25, 0.3) is 0 Å². The van der Waals surface area contributed by atoms with E-state index in [-0.39, 0.29) is 17.0 Å². The van der Waals surface area contributed by atoms with Crippen LogP contribution in [0, 0.1) is 0 Å². The molecule has 0 atom stereocenters. The quantitative estimate of drug-likeness (QED) is 0.101. The molecule has 6 heteroatoms. The van der Waals surface area contributed by atoms with Crippen LogP contribution in [0.1, 0.15) is 102 Å². The van der Waals surface area contributed by atoms with E-state index in [0.717, 1.165) is 35.8 Å². The van der Waals surface area contributed by atoms with Gasteiger partial charge in [-0.25, -0.2) is 9.97 Å². The molecule has 0 fully saturated rings. The number of ether oxygens (including phenoxy) is 1. The van der Waals surface area contributed by atoms with Gasteiger partial charge in [0, 0.05) is 18.9 Å². The normalized spacial score (nSPS) is 11.3. The molecule has 216 valence electrons. The second-order valence-electron chi connectivity index (χ2n) is 11.3. The molecule has 0 aliphatic rings. The highest BCUT2D eigenvalue weighted by atomic mass is 79.9.